The van der Waals surface area contributed by atoms with Gasteiger partial charge in [0.25, 0.3) is 0 Å². The Morgan fingerprint density at radius 3 is 2.88 bits per heavy atom. The smallest absolute Gasteiger partial charge is 0.333 e. The molecule has 0 fully saturated rings. The highest BCUT2D eigenvalue weighted by molar-refractivity contribution is 9.10. The van der Waals surface area contributed by atoms with Crippen LogP contribution < -0.4 is 0 Å². The fourth-order valence-corrected chi connectivity index (χ4v) is 1.91. The summed E-state index contributed by atoms with van der Waals surface area (Å²) >= 11 is 3.36. The van der Waals surface area contributed by atoms with Crippen LogP contribution in [0.15, 0.2) is 28.7 Å². The Kier molecular flexibility index (Phi) is 6.22. The molecule has 1 unspecified atom stereocenters. The van der Waals surface area contributed by atoms with Crippen LogP contribution in [-0.2, 0) is 16.0 Å². The van der Waals surface area contributed by atoms with E-state index in [1.807, 2.05) is 31.2 Å². The molecule has 0 spiro atoms. The van der Waals surface area contributed by atoms with Crippen molar-refractivity contribution in [3.8, 4) is 0 Å². The van der Waals surface area contributed by atoms with Gasteiger partial charge < -0.3 is 9.84 Å². The summed E-state index contributed by atoms with van der Waals surface area (Å²) in [6.07, 6.45) is 1.54. The van der Waals surface area contributed by atoms with Gasteiger partial charge in [-0.3, -0.25) is 0 Å². The maximum Gasteiger partial charge on any atom is 0.333 e. The first-order valence-corrected chi connectivity index (χ1v) is 6.51. The molecule has 94 valence electrons. The summed E-state index contributed by atoms with van der Waals surface area (Å²) in [4.78, 5) is 11.0. The second-order valence-corrected chi connectivity index (χ2v) is 4.80. The third kappa shape index (κ3) is 5.33. The van der Waals surface area contributed by atoms with E-state index in [9.17, 15) is 4.79 Å². The number of hydrogen-bond acceptors (Lipinski definition) is 2. The molecule has 1 rings (SSSR count). The lowest BCUT2D eigenvalue weighted by Gasteiger charge is -2.13. The first kappa shape index (κ1) is 14.2. The average Bonchev–Trinajstić information content (AvgIpc) is 2.28. The van der Waals surface area contributed by atoms with E-state index in [4.69, 9.17) is 9.84 Å². The van der Waals surface area contributed by atoms with Gasteiger partial charge in [0, 0.05) is 17.5 Å². The van der Waals surface area contributed by atoms with Crippen molar-refractivity contribution < 1.29 is 14.6 Å². The van der Waals surface area contributed by atoms with Crippen LogP contribution in [0.4, 0.5) is 0 Å². The van der Waals surface area contributed by atoms with Gasteiger partial charge in [-0.2, -0.15) is 0 Å². The highest BCUT2D eigenvalue weighted by Crippen LogP contribution is 2.14. The zero-order valence-corrected chi connectivity index (χ0v) is 11.4. The van der Waals surface area contributed by atoms with Crippen LogP contribution >= 0.6 is 15.9 Å². The summed E-state index contributed by atoms with van der Waals surface area (Å²) in [7, 11) is 0. The molecule has 3 nitrogen and oxygen atoms in total. The predicted octanol–water partition coefficient (Wildman–Crippen LogP) is 3.26. The van der Waals surface area contributed by atoms with Crippen LogP contribution in [0.25, 0.3) is 0 Å². The lowest BCUT2D eigenvalue weighted by molar-refractivity contribution is -0.150. The van der Waals surface area contributed by atoms with Gasteiger partial charge in [-0.25, -0.2) is 4.79 Å². The molecule has 1 aromatic carbocycles. The number of ether oxygens (including phenoxy) is 1. The molecular weight excluding hydrogens is 284 g/mol. The van der Waals surface area contributed by atoms with E-state index >= 15 is 0 Å². The van der Waals surface area contributed by atoms with Crippen molar-refractivity contribution in [3.05, 3.63) is 34.3 Å². The SMILES string of the molecule is CCCCOC(Cc1cccc(Br)c1)C(=O)O. The minimum atomic E-state index is -0.902. The van der Waals surface area contributed by atoms with Crippen molar-refractivity contribution in [3.63, 3.8) is 0 Å². The van der Waals surface area contributed by atoms with Crippen LogP contribution in [0.1, 0.15) is 25.3 Å². The number of carbonyl (C=O) groups is 1. The molecule has 0 aromatic heterocycles. The molecule has 0 amide bonds. The second kappa shape index (κ2) is 7.45. The van der Waals surface area contributed by atoms with E-state index < -0.39 is 12.1 Å². The molecule has 0 aliphatic rings. The number of aliphatic carboxylic acids is 1. The Balaban J connectivity index is 2.57. The Labute approximate surface area is 110 Å². The largest absolute Gasteiger partial charge is 0.479 e. The van der Waals surface area contributed by atoms with E-state index in [2.05, 4.69) is 15.9 Å². The summed E-state index contributed by atoms with van der Waals surface area (Å²) in [5.74, 6) is -0.902. The second-order valence-electron chi connectivity index (χ2n) is 3.89. The molecule has 0 aliphatic carbocycles. The van der Waals surface area contributed by atoms with E-state index in [0.29, 0.717) is 13.0 Å². The highest BCUT2D eigenvalue weighted by atomic mass is 79.9. The summed E-state index contributed by atoms with van der Waals surface area (Å²) in [6.45, 7) is 2.55. The number of carboxylic acids is 1. The van der Waals surface area contributed by atoms with Gasteiger partial charge in [-0.1, -0.05) is 41.4 Å². The topological polar surface area (TPSA) is 46.5 Å². The van der Waals surface area contributed by atoms with Crippen LogP contribution in [0.5, 0.6) is 0 Å². The number of benzene rings is 1. The lowest BCUT2D eigenvalue weighted by atomic mass is 10.1. The van der Waals surface area contributed by atoms with Crippen molar-refractivity contribution in [1.29, 1.82) is 0 Å². The Morgan fingerprint density at radius 2 is 2.29 bits per heavy atom. The van der Waals surface area contributed by atoms with Crippen molar-refractivity contribution >= 4 is 21.9 Å². The molecule has 0 saturated heterocycles. The molecule has 0 aliphatic heterocycles. The zero-order valence-electron chi connectivity index (χ0n) is 9.86. The van der Waals surface area contributed by atoms with Gasteiger partial charge in [0.1, 0.15) is 0 Å². The Hall–Kier alpha value is -0.870. The van der Waals surface area contributed by atoms with Gasteiger partial charge in [0.2, 0.25) is 0 Å². The molecule has 1 aromatic rings. The predicted molar refractivity (Wildman–Crippen MR) is 70.1 cm³/mol. The first-order chi connectivity index (χ1) is 8.13. The molecule has 1 atom stereocenters. The van der Waals surface area contributed by atoms with Crippen molar-refractivity contribution in [2.45, 2.75) is 32.3 Å². The molecule has 4 heteroatoms. The van der Waals surface area contributed by atoms with Crippen LogP contribution in [0, 0.1) is 0 Å². The van der Waals surface area contributed by atoms with Crippen molar-refractivity contribution in [1.82, 2.24) is 0 Å². The van der Waals surface area contributed by atoms with Gasteiger partial charge in [-0.05, 0) is 24.1 Å². The third-order valence-electron chi connectivity index (χ3n) is 2.40. The highest BCUT2D eigenvalue weighted by Gasteiger charge is 2.18. The number of rotatable bonds is 7. The molecule has 1 N–H and O–H groups in total. The maximum atomic E-state index is 11.0. The maximum absolute atomic E-state index is 11.0. The van der Waals surface area contributed by atoms with Gasteiger partial charge in [0.15, 0.2) is 6.10 Å². The monoisotopic (exact) mass is 300 g/mol. The Morgan fingerprint density at radius 1 is 1.53 bits per heavy atom. The average molecular weight is 301 g/mol. The molecule has 17 heavy (non-hydrogen) atoms. The number of hydrogen-bond donors (Lipinski definition) is 1. The first-order valence-electron chi connectivity index (χ1n) is 5.72. The lowest BCUT2D eigenvalue weighted by Crippen LogP contribution is -2.26. The standard InChI is InChI=1S/C13H17BrO3/c1-2-3-7-17-12(13(15)16)9-10-5-4-6-11(14)8-10/h4-6,8,12H,2-3,7,9H2,1H3,(H,15,16). The summed E-state index contributed by atoms with van der Waals surface area (Å²) in [5.41, 5.74) is 0.961. The fourth-order valence-electron chi connectivity index (χ4n) is 1.47. The molecular formula is C13H17BrO3. The van der Waals surface area contributed by atoms with E-state index in [-0.39, 0.29) is 0 Å². The van der Waals surface area contributed by atoms with Crippen molar-refractivity contribution in [2.75, 3.05) is 6.61 Å². The molecule has 0 bridgehead atoms. The van der Waals surface area contributed by atoms with E-state index in [0.717, 1.165) is 22.9 Å². The van der Waals surface area contributed by atoms with Gasteiger partial charge in [0.05, 0.1) is 0 Å². The molecule has 0 radical (unpaired) electrons. The normalized spacial score (nSPS) is 12.4. The van der Waals surface area contributed by atoms with Gasteiger partial charge in [-0.15, -0.1) is 0 Å². The summed E-state index contributed by atoms with van der Waals surface area (Å²) in [6, 6.07) is 7.63. The summed E-state index contributed by atoms with van der Waals surface area (Å²) < 4.78 is 6.32. The minimum Gasteiger partial charge on any atom is -0.479 e. The van der Waals surface area contributed by atoms with Crippen LogP contribution in [0.2, 0.25) is 0 Å². The molecule has 0 heterocycles. The molecule has 0 saturated carbocycles. The third-order valence-corrected chi connectivity index (χ3v) is 2.90. The minimum absolute atomic E-state index is 0.401. The summed E-state index contributed by atoms with van der Waals surface area (Å²) in [5, 5.41) is 9.07. The van der Waals surface area contributed by atoms with E-state index in [1.54, 1.807) is 0 Å². The zero-order chi connectivity index (χ0) is 12.7. The number of unbranched alkanes of at least 4 members (excludes halogenated alkanes) is 1. The van der Waals surface area contributed by atoms with Gasteiger partial charge >= 0.3 is 5.97 Å². The number of carboxylic acid groups (broad SMARTS) is 1. The van der Waals surface area contributed by atoms with Crippen LogP contribution in [0.3, 0.4) is 0 Å². The van der Waals surface area contributed by atoms with Crippen LogP contribution in [-0.4, -0.2) is 23.8 Å². The number of halogens is 1. The van der Waals surface area contributed by atoms with E-state index in [1.165, 1.54) is 0 Å². The quantitative estimate of drug-likeness (QED) is 0.786. The fraction of sp³-hybridized carbons (Fsp3) is 0.462. The van der Waals surface area contributed by atoms with Crippen molar-refractivity contribution in [2.24, 2.45) is 0 Å². The Bertz CT molecular complexity index is 365.